The van der Waals surface area contributed by atoms with Crippen LogP contribution in [-0.4, -0.2) is 43.6 Å². The molecule has 4 aliphatic carbocycles. The molecule has 0 bridgehead atoms. The Hall–Kier alpha value is -6.90. The van der Waals surface area contributed by atoms with Crippen LogP contribution in [0.5, 0.6) is 11.5 Å². The number of benzene rings is 7. The normalized spacial score (nSPS) is 21.4. The molecule has 0 saturated carbocycles. The number of fused-ring (bicyclic) bond motifs is 13. The topological polar surface area (TPSA) is 72.9 Å². The molecule has 68 heavy (non-hydrogen) atoms. The highest BCUT2D eigenvalue weighted by Gasteiger charge is 2.52. The number of aliphatic hydroxyl groups excluding tert-OH is 1. The maximum Gasteiger partial charge on any atom is 0.226 e. The number of para-hydroxylation sites is 1. The van der Waals surface area contributed by atoms with E-state index in [1.165, 1.54) is 72.3 Å². The van der Waals surface area contributed by atoms with E-state index in [2.05, 4.69) is 183 Å². The number of epoxide rings is 1. The molecule has 1 fully saturated rings. The van der Waals surface area contributed by atoms with Crippen molar-refractivity contribution in [2.24, 2.45) is 0 Å². The van der Waals surface area contributed by atoms with Crippen molar-refractivity contribution in [2.75, 3.05) is 18.6 Å². The van der Waals surface area contributed by atoms with Crippen LogP contribution in [0.2, 0.25) is 0 Å². The molecule has 1 N–H and O–H groups in total. The number of aliphatic hydroxyl groups is 1. The van der Waals surface area contributed by atoms with Crippen molar-refractivity contribution in [1.29, 1.82) is 0 Å². The highest BCUT2D eigenvalue weighted by molar-refractivity contribution is 5.97. The Morgan fingerprint density at radius 1 is 0.662 bits per heavy atom. The van der Waals surface area contributed by atoms with E-state index in [1.54, 1.807) is 14.0 Å². The summed E-state index contributed by atoms with van der Waals surface area (Å²) in [5, 5.41) is 9.94. The van der Waals surface area contributed by atoms with Crippen LogP contribution in [0.3, 0.4) is 0 Å². The van der Waals surface area contributed by atoms with Crippen molar-refractivity contribution in [3.63, 3.8) is 0 Å². The van der Waals surface area contributed by atoms with Crippen molar-refractivity contribution in [2.45, 2.75) is 82.6 Å². The van der Waals surface area contributed by atoms with Crippen LogP contribution in [0.25, 0.3) is 33.4 Å². The lowest BCUT2D eigenvalue weighted by molar-refractivity contribution is -0.0383. The van der Waals surface area contributed by atoms with Crippen molar-refractivity contribution in [3.8, 4) is 44.9 Å². The molecule has 1 saturated heterocycles. The molecule has 0 aromatic heterocycles. The Labute approximate surface area is 398 Å². The first-order valence-corrected chi connectivity index (χ1v) is 23.9. The highest BCUT2D eigenvalue weighted by Crippen LogP contribution is 2.64. The Balaban J connectivity index is 1.04. The van der Waals surface area contributed by atoms with Gasteiger partial charge in [-0.3, -0.25) is 0 Å². The number of anilines is 3. The van der Waals surface area contributed by atoms with Crippen LogP contribution < -0.4 is 14.4 Å². The van der Waals surface area contributed by atoms with E-state index >= 15 is 0 Å². The summed E-state index contributed by atoms with van der Waals surface area (Å²) in [6, 6.07) is 53.9. The molecule has 7 heteroatoms. The minimum Gasteiger partial charge on any atom is -0.491 e. The van der Waals surface area contributed by atoms with Gasteiger partial charge in [0, 0.05) is 35.5 Å². The van der Waals surface area contributed by atoms with Gasteiger partial charge < -0.3 is 33.7 Å². The van der Waals surface area contributed by atoms with Gasteiger partial charge in [-0.2, -0.15) is 0 Å². The summed E-state index contributed by atoms with van der Waals surface area (Å²) >= 11 is 0. The van der Waals surface area contributed by atoms with Crippen LogP contribution in [0.15, 0.2) is 170 Å². The first kappa shape index (κ1) is 42.5. The first-order valence-electron chi connectivity index (χ1n) is 23.9. The summed E-state index contributed by atoms with van der Waals surface area (Å²) in [4.78, 5) is 2.48. The number of hydrogen-bond acceptors (Lipinski definition) is 7. The van der Waals surface area contributed by atoms with Gasteiger partial charge in [0.15, 0.2) is 6.29 Å². The second kappa shape index (κ2) is 16.1. The quantitative estimate of drug-likeness (QED) is 0.0967. The van der Waals surface area contributed by atoms with Crippen molar-refractivity contribution < 1.29 is 28.8 Å². The summed E-state index contributed by atoms with van der Waals surface area (Å²) in [7, 11) is 1.66. The van der Waals surface area contributed by atoms with E-state index in [0.29, 0.717) is 0 Å². The van der Waals surface area contributed by atoms with Gasteiger partial charge in [-0.1, -0.05) is 111 Å². The van der Waals surface area contributed by atoms with Crippen molar-refractivity contribution >= 4 is 17.1 Å². The van der Waals surface area contributed by atoms with E-state index in [1.807, 2.05) is 13.8 Å². The van der Waals surface area contributed by atoms with E-state index < -0.39 is 11.5 Å². The maximum atomic E-state index is 9.94. The van der Waals surface area contributed by atoms with Gasteiger partial charge in [0.1, 0.15) is 30.0 Å². The molecule has 5 aliphatic rings. The molecule has 6 atom stereocenters. The SMILES string of the molecule is COC(C)Oc1ccc2c(c1)C(C)(C)c1cc(N(c3ccc4c(c3)C3(c5ccccc5-c5cc(OC6OC6C)ccc53)c3ccccc3-4)c3ccccc3C3C=CC(OCC(C)O)=CC3)ccc1-2. The third-order valence-electron chi connectivity index (χ3n) is 14.9. The predicted octanol–water partition coefficient (Wildman–Crippen LogP) is 13.6. The van der Waals surface area contributed by atoms with E-state index in [0.717, 1.165) is 40.7 Å². The second-order valence-corrected chi connectivity index (χ2v) is 19.5. The summed E-state index contributed by atoms with van der Waals surface area (Å²) < 4.78 is 29.6. The van der Waals surface area contributed by atoms with Gasteiger partial charge in [0.2, 0.25) is 6.29 Å². The lowest BCUT2D eigenvalue weighted by Gasteiger charge is -2.34. The molecule has 7 nitrogen and oxygen atoms in total. The maximum absolute atomic E-state index is 9.94. The third kappa shape index (κ3) is 6.66. The monoisotopic (exact) mass is 897 g/mol. The van der Waals surface area contributed by atoms with Crippen LogP contribution in [0.1, 0.15) is 85.9 Å². The summed E-state index contributed by atoms with van der Waals surface area (Å²) in [5.74, 6) is 2.49. The zero-order valence-electron chi connectivity index (χ0n) is 39.3. The number of rotatable bonds is 12. The number of ether oxygens (including phenoxy) is 5. The molecule has 6 unspecified atom stereocenters. The molecule has 7 aromatic carbocycles. The molecule has 0 amide bonds. The number of nitrogens with zero attached hydrogens (tertiary/aromatic N) is 1. The fraction of sp³-hybridized carbons (Fsp3) is 0.246. The Bertz CT molecular complexity index is 3220. The highest BCUT2D eigenvalue weighted by atomic mass is 16.8. The average Bonchev–Trinajstić information content (AvgIpc) is 3.77. The summed E-state index contributed by atoms with van der Waals surface area (Å²) in [6.07, 6.45) is 6.18. The summed E-state index contributed by atoms with van der Waals surface area (Å²) in [5.41, 5.74) is 18.5. The van der Waals surface area contributed by atoms with Gasteiger partial charge >= 0.3 is 0 Å². The lowest BCUT2D eigenvalue weighted by atomic mass is 9.70. The average molecular weight is 898 g/mol. The fourth-order valence-corrected chi connectivity index (χ4v) is 11.5. The minimum atomic E-state index is -0.567. The first-order chi connectivity index (χ1) is 33.0. The van der Waals surface area contributed by atoms with Crippen molar-refractivity contribution in [3.05, 3.63) is 209 Å². The zero-order valence-corrected chi connectivity index (χ0v) is 39.3. The number of methoxy groups -OCH3 is 1. The van der Waals surface area contributed by atoms with E-state index in [4.69, 9.17) is 23.7 Å². The molecular formula is C61H55NO6. The van der Waals surface area contributed by atoms with E-state index in [-0.39, 0.29) is 36.6 Å². The smallest absolute Gasteiger partial charge is 0.226 e. The number of allylic oxidation sites excluding steroid dienone is 3. The summed E-state index contributed by atoms with van der Waals surface area (Å²) in [6.45, 7) is 10.6. The second-order valence-electron chi connectivity index (χ2n) is 19.5. The van der Waals surface area contributed by atoms with Crippen molar-refractivity contribution in [1.82, 2.24) is 0 Å². The van der Waals surface area contributed by atoms with Gasteiger partial charge in [-0.15, -0.1) is 0 Å². The molecule has 1 aliphatic heterocycles. The standard InChI is InChI=1S/C61H55NO6/c1-36(63)35-65-42-23-19-39(20-24-42)45-13-9-12-18-58(45)62(40-21-27-48-49-29-25-44(67-38(3)64-6)34-56(49)60(4,5)55(48)31-40)41-22-28-50-46-14-7-10-16-52(46)61(57(50)32-41)53-17-11-8-15-47(53)51-33-43(26-30-54(51)61)68-59-37(2)66-59/h7-19,21-34,36-39,59,63H,20,35H2,1-6H3. The predicted molar refractivity (Wildman–Crippen MR) is 269 cm³/mol. The molecule has 0 radical (unpaired) electrons. The van der Waals surface area contributed by atoms with Gasteiger partial charge in [-0.05, 0) is 166 Å². The zero-order chi connectivity index (χ0) is 46.5. The largest absolute Gasteiger partial charge is 0.491 e. The van der Waals surface area contributed by atoms with Gasteiger partial charge in [0.25, 0.3) is 0 Å². The van der Waals surface area contributed by atoms with Crippen LogP contribution in [0, 0.1) is 0 Å². The fourth-order valence-electron chi connectivity index (χ4n) is 11.5. The number of hydrogen-bond donors (Lipinski definition) is 1. The molecular weight excluding hydrogens is 843 g/mol. The van der Waals surface area contributed by atoms with Gasteiger partial charge in [0.05, 0.1) is 11.5 Å². The molecule has 7 aromatic rings. The van der Waals surface area contributed by atoms with E-state index in [9.17, 15) is 5.11 Å². The molecule has 1 heterocycles. The molecule has 340 valence electrons. The van der Waals surface area contributed by atoms with Gasteiger partial charge in [-0.25, -0.2) is 0 Å². The molecule has 1 spiro atoms. The Morgan fingerprint density at radius 2 is 1.25 bits per heavy atom. The van der Waals surface area contributed by atoms with Crippen LogP contribution in [0.4, 0.5) is 17.1 Å². The van der Waals surface area contributed by atoms with Crippen LogP contribution in [-0.2, 0) is 25.0 Å². The Morgan fingerprint density at radius 3 is 1.93 bits per heavy atom. The minimum absolute atomic E-state index is 0.0874. The van der Waals surface area contributed by atoms with Crippen LogP contribution >= 0.6 is 0 Å². The lowest BCUT2D eigenvalue weighted by Crippen LogP contribution is -2.26. The third-order valence-corrected chi connectivity index (χ3v) is 14.9. The Kier molecular flexibility index (Phi) is 10.1. The molecule has 12 rings (SSSR count).